The molecule has 0 aromatic heterocycles. The minimum Gasteiger partial charge on any atom is -0.0619 e. The molecule has 0 aromatic carbocycles. The largest absolute Gasteiger partial charge is 0.0619 e. The molecule has 0 bridgehead atoms. The van der Waals surface area contributed by atoms with Crippen molar-refractivity contribution in [2.45, 2.75) is 52.5 Å². The van der Waals surface area contributed by atoms with Crippen LogP contribution in [0.4, 0.5) is 0 Å². The molecule has 2 heteroatoms. The number of hydrogen-bond acceptors (Lipinski definition) is 0. The fourth-order valence-electron chi connectivity index (χ4n) is 2.51. The minimum atomic E-state index is -0.544. The van der Waals surface area contributed by atoms with Crippen LogP contribution in [0.5, 0.6) is 0 Å². The summed E-state index contributed by atoms with van der Waals surface area (Å²) in [6.45, 7) is 7.06. The maximum atomic E-state index is 3.62. The lowest BCUT2D eigenvalue weighted by Crippen LogP contribution is -2.11. The fourth-order valence-corrected chi connectivity index (χ4v) is 8.00. The quantitative estimate of drug-likeness (QED) is 0.411. The maximum absolute atomic E-state index is 3.62. The van der Waals surface area contributed by atoms with Gasteiger partial charge in [0, 0.05) is 17.5 Å². The van der Waals surface area contributed by atoms with Crippen LogP contribution in [0.15, 0.2) is 0 Å². The molecule has 0 amide bonds. The molecule has 0 aliphatic rings. The lowest BCUT2D eigenvalue weighted by atomic mass is 10.5. The number of hydrogen-bond donors (Lipinski definition) is 0. The van der Waals surface area contributed by atoms with Gasteiger partial charge in [0.25, 0.3) is 0 Å². The van der Waals surface area contributed by atoms with Gasteiger partial charge in [-0.25, -0.2) is 0 Å². The first-order valence-corrected chi connectivity index (χ1v) is 9.48. The average molecular weight is 230 g/mol. The summed E-state index contributed by atoms with van der Waals surface area (Å²) in [5.41, 5.74) is 0. The van der Waals surface area contributed by atoms with E-state index in [1.54, 1.807) is 18.5 Å². The molecule has 3 radical (unpaired) electrons. The van der Waals surface area contributed by atoms with Gasteiger partial charge < -0.3 is 0 Å². The summed E-state index contributed by atoms with van der Waals surface area (Å²) in [5.74, 6) is 0. The van der Waals surface area contributed by atoms with Crippen molar-refractivity contribution in [2.75, 3.05) is 24.6 Å². The Morgan fingerprint density at radius 3 is 1.50 bits per heavy atom. The van der Waals surface area contributed by atoms with Crippen LogP contribution >= 0.6 is 7.26 Å². The Morgan fingerprint density at radius 2 is 1.21 bits per heavy atom. The molecule has 0 heterocycles. The van der Waals surface area contributed by atoms with Crippen molar-refractivity contribution in [1.82, 2.24) is 0 Å². The van der Waals surface area contributed by atoms with Gasteiger partial charge in [-0.05, 0) is 25.7 Å². The molecule has 0 aliphatic carbocycles. The summed E-state index contributed by atoms with van der Waals surface area (Å²) >= 11 is 0. The molecule has 0 fully saturated rings. The first-order chi connectivity index (χ1) is 6.74. The summed E-state index contributed by atoms with van der Waals surface area (Å²) in [6.07, 6.45) is 11.7. The monoisotopic (exact) mass is 230 g/mol. The lowest BCUT2D eigenvalue weighted by molar-refractivity contribution is 0.962. The summed E-state index contributed by atoms with van der Waals surface area (Å²) < 4.78 is 0. The summed E-state index contributed by atoms with van der Waals surface area (Å²) in [4.78, 5) is 0. The highest BCUT2D eigenvalue weighted by Crippen LogP contribution is 2.60. The standard InChI is InChI=1S/C12H27PSi/c1-4-8-13(9-5-2,10-6-3)11-7-12-14/h4-12H2,1-3H3/q+1. The van der Waals surface area contributed by atoms with Gasteiger partial charge in [-0.15, -0.1) is 0 Å². The topological polar surface area (TPSA) is 0 Å². The van der Waals surface area contributed by atoms with Crippen LogP contribution in [-0.2, 0) is 0 Å². The van der Waals surface area contributed by atoms with Gasteiger partial charge in [0.2, 0.25) is 0 Å². The highest BCUT2D eigenvalue weighted by atomic mass is 31.2. The Kier molecular flexibility index (Phi) is 9.33. The second kappa shape index (κ2) is 8.92. The first kappa shape index (κ1) is 14.6. The Bertz CT molecular complexity index is 108. The molecular formula is C12H27PSi+. The SMILES string of the molecule is CCC[P+](CCC)(CCC)CCC[Si]. The highest BCUT2D eigenvalue weighted by Gasteiger charge is 2.33. The molecule has 0 aliphatic heterocycles. The molecule has 0 N–H and O–H groups in total. The average Bonchev–Trinajstić information content (AvgIpc) is 2.16. The predicted molar refractivity (Wildman–Crippen MR) is 72.4 cm³/mol. The molecule has 0 aromatic rings. The smallest absolute Gasteiger partial charge is 0.0591 e. The third kappa shape index (κ3) is 5.51. The normalized spacial score (nSPS) is 12.0. The number of rotatable bonds is 9. The van der Waals surface area contributed by atoms with E-state index in [-0.39, 0.29) is 0 Å². The Hall–Kier alpha value is 0.647. The van der Waals surface area contributed by atoms with Crippen molar-refractivity contribution in [1.29, 1.82) is 0 Å². The molecule has 0 saturated heterocycles. The predicted octanol–water partition coefficient (Wildman–Crippen LogP) is 4.21. The fraction of sp³-hybridized carbons (Fsp3) is 1.00. The summed E-state index contributed by atoms with van der Waals surface area (Å²) in [5, 5.41) is 0. The molecule has 83 valence electrons. The second-order valence-corrected chi connectivity index (χ2v) is 9.31. The van der Waals surface area contributed by atoms with E-state index >= 15 is 0 Å². The van der Waals surface area contributed by atoms with Crippen molar-refractivity contribution in [3.8, 4) is 0 Å². The van der Waals surface area contributed by atoms with Crippen LogP contribution in [0.25, 0.3) is 0 Å². The van der Waals surface area contributed by atoms with E-state index in [2.05, 4.69) is 31.0 Å². The zero-order chi connectivity index (χ0) is 10.9. The van der Waals surface area contributed by atoms with Crippen molar-refractivity contribution >= 4 is 17.5 Å². The Morgan fingerprint density at radius 1 is 0.786 bits per heavy atom. The summed E-state index contributed by atoms with van der Waals surface area (Å²) in [6, 6.07) is 1.19. The van der Waals surface area contributed by atoms with Crippen LogP contribution in [0.2, 0.25) is 6.04 Å². The summed E-state index contributed by atoms with van der Waals surface area (Å²) in [7, 11) is 3.08. The zero-order valence-corrected chi connectivity index (χ0v) is 12.2. The van der Waals surface area contributed by atoms with Gasteiger partial charge in [0.15, 0.2) is 0 Å². The van der Waals surface area contributed by atoms with E-state index in [9.17, 15) is 0 Å². The van der Waals surface area contributed by atoms with E-state index in [4.69, 9.17) is 0 Å². The van der Waals surface area contributed by atoms with Crippen LogP contribution < -0.4 is 0 Å². The molecule has 0 unspecified atom stereocenters. The molecule has 0 atom stereocenters. The molecule has 0 saturated carbocycles. The molecule has 14 heavy (non-hydrogen) atoms. The van der Waals surface area contributed by atoms with Crippen LogP contribution in [0.1, 0.15) is 46.5 Å². The van der Waals surface area contributed by atoms with E-state index in [1.807, 2.05) is 0 Å². The first-order valence-electron chi connectivity index (χ1n) is 6.24. The van der Waals surface area contributed by atoms with E-state index in [0.29, 0.717) is 0 Å². The maximum Gasteiger partial charge on any atom is 0.0591 e. The third-order valence-electron chi connectivity index (χ3n) is 2.90. The zero-order valence-electron chi connectivity index (χ0n) is 10.3. The van der Waals surface area contributed by atoms with E-state index in [1.165, 1.54) is 37.9 Å². The molecule has 0 spiro atoms. The van der Waals surface area contributed by atoms with Gasteiger partial charge in [0.1, 0.15) is 0 Å². The van der Waals surface area contributed by atoms with Crippen molar-refractivity contribution in [2.24, 2.45) is 0 Å². The van der Waals surface area contributed by atoms with Crippen molar-refractivity contribution < 1.29 is 0 Å². The van der Waals surface area contributed by atoms with E-state index in [0.717, 1.165) is 0 Å². The molecule has 0 nitrogen and oxygen atoms in total. The Labute approximate surface area is 95.0 Å². The van der Waals surface area contributed by atoms with E-state index < -0.39 is 7.26 Å². The van der Waals surface area contributed by atoms with Gasteiger partial charge in [-0.3, -0.25) is 0 Å². The lowest BCUT2D eigenvalue weighted by Gasteiger charge is -2.26. The molecule has 0 rings (SSSR count). The van der Waals surface area contributed by atoms with Gasteiger partial charge in [-0.2, -0.15) is 0 Å². The Balaban J connectivity index is 4.21. The van der Waals surface area contributed by atoms with Crippen LogP contribution in [0, 0.1) is 0 Å². The highest BCUT2D eigenvalue weighted by molar-refractivity contribution is 7.75. The van der Waals surface area contributed by atoms with Gasteiger partial charge >= 0.3 is 0 Å². The molecular weight excluding hydrogens is 203 g/mol. The minimum absolute atomic E-state index is 0.544. The second-order valence-electron chi connectivity index (χ2n) is 4.34. The third-order valence-corrected chi connectivity index (χ3v) is 8.71. The van der Waals surface area contributed by atoms with Crippen molar-refractivity contribution in [3.63, 3.8) is 0 Å². The van der Waals surface area contributed by atoms with Crippen LogP contribution in [-0.4, -0.2) is 34.9 Å². The van der Waals surface area contributed by atoms with Gasteiger partial charge in [0.05, 0.1) is 24.6 Å². The van der Waals surface area contributed by atoms with Crippen molar-refractivity contribution in [3.05, 3.63) is 0 Å². The van der Waals surface area contributed by atoms with Gasteiger partial charge in [-0.1, -0.05) is 26.8 Å². The van der Waals surface area contributed by atoms with Crippen LogP contribution in [0.3, 0.4) is 0 Å².